The molecule has 0 aromatic rings. The molecule has 6 heteroatoms. The summed E-state index contributed by atoms with van der Waals surface area (Å²) in [4.78, 5) is 31.0. The Morgan fingerprint density at radius 1 is 1.10 bits per heavy atom. The molecular weight excluding hydrogens is 264 g/mol. The second-order valence-corrected chi connectivity index (χ2v) is 3.78. The van der Waals surface area contributed by atoms with Gasteiger partial charge < -0.3 is 14.9 Å². The first-order valence-corrected chi connectivity index (χ1v) is 5.75. The van der Waals surface area contributed by atoms with E-state index in [1.807, 2.05) is 0 Å². The van der Waals surface area contributed by atoms with E-state index in [2.05, 4.69) is 11.3 Å². The summed E-state index contributed by atoms with van der Waals surface area (Å²) in [6.07, 6.45) is 2.97. The van der Waals surface area contributed by atoms with Crippen molar-refractivity contribution in [3.05, 3.63) is 35.5 Å². The van der Waals surface area contributed by atoms with Crippen LogP contribution in [0.5, 0.6) is 0 Å². The van der Waals surface area contributed by atoms with Gasteiger partial charge in [-0.3, -0.25) is 0 Å². The van der Waals surface area contributed by atoms with E-state index in [9.17, 15) is 14.4 Å². The maximum Gasteiger partial charge on any atom is 0.332 e. The number of carbonyl (C=O) groups is 3. The highest BCUT2D eigenvalue weighted by Gasteiger charge is 2.03. The van der Waals surface area contributed by atoms with Gasteiger partial charge in [0.05, 0.1) is 7.11 Å². The Bertz CT molecular complexity index is 443. The summed E-state index contributed by atoms with van der Waals surface area (Å²) in [6, 6.07) is 0. The van der Waals surface area contributed by atoms with Gasteiger partial charge in [0, 0.05) is 16.7 Å². The van der Waals surface area contributed by atoms with Crippen molar-refractivity contribution < 1.29 is 29.3 Å². The summed E-state index contributed by atoms with van der Waals surface area (Å²) < 4.78 is 4.27. The van der Waals surface area contributed by atoms with Crippen LogP contribution in [0.15, 0.2) is 35.5 Å². The molecule has 0 aliphatic heterocycles. The monoisotopic (exact) mass is 284 g/mol. The minimum atomic E-state index is -1.04. The van der Waals surface area contributed by atoms with Gasteiger partial charge in [-0.25, -0.2) is 14.4 Å². The molecule has 0 aromatic carbocycles. The number of hydrogen-bond donors (Lipinski definition) is 2. The molecule has 0 radical (unpaired) electrons. The molecule has 0 aliphatic rings. The lowest BCUT2D eigenvalue weighted by Gasteiger charge is -1.94. The molecule has 6 nitrogen and oxygen atoms in total. The van der Waals surface area contributed by atoms with Crippen LogP contribution in [-0.2, 0) is 19.1 Å². The van der Waals surface area contributed by atoms with Crippen molar-refractivity contribution in [3.8, 4) is 0 Å². The molecule has 0 aliphatic carbocycles. The van der Waals surface area contributed by atoms with Crippen LogP contribution >= 0.6 is 0 Å². The Morgan fingerprint density at radius 2 is 1.60 bits per heavy atom. The van der Waals surface area contributed by atoms with Crippen LogP contribution in [0.2, 0.25) is 0 Å². The molecule has 0 fully saturated rings. The fourth-order valence-electron chi connectivity index (χ4n) is 0.811. The molecule has 0 saturated heterocycles. The van der Waals surface area contributed by atoms with Gasteiger partial charge in [0.15, 0.2) is 0 Å². The maximum absolute atomic E-state index is 10.5. The van der Waals surface area contributed by atoms with Crippen molar-refractivity contribution in [1.82, 2.24) is 0 Å². The average Bonchev–Trinajstić information content (AvgIpc) is 2.38. The SMILES string of the molecule is C=C(C)C(=O)OC.CCC(=CC=C(C)C(=O)O)C(=O)O. The Morgan fingerprint density at radius 3 is 1.80 bits per heavy atom. The summed E-state index contributed by atoms with van der Waals surface area (Å²) in [5.74, 6) is -2.41. The van der Waals surface area contributed by atoms with Crippen LogP contribution < -0.4 is 0 Å². The van der Waals surface area contributed by atoms with E-state index in [1.165, 1.54) is 26.2 Å². The fourth-order valence-corrected chi connectivity index (χ4v) is 0.811. The maximum atomic E-state index is 10.5. The lowest BCUT2D eigenvalue weighted by Crippen LogP contribution is -1.99. The number of rotatable bonds is 5. The van der Waals surface area contributed by atoms with Gasteiger partial charge in [0.2, 0.25) is 0 Å². The number of carboxylic acids is 2. The number of ether oxygens (including phenoxy) is 1. The number of esters is 1. The van der Waals surface area contributed by atoms with E-state index in [1.54, 1.807) is 13.8 Å². The number of aliphatic carboxylic acids is 2. The first-order valence-electron chi connectivity index (χ1n) is 5.75. The van der Waals surface area contributed by atoms with Crippen LogP contribution in [0.4, 0.5) is 0 Å². The highest BCUT2D eigenvalue weighted by molar-refractivity contribution is 5.89. The molecule has 0 amide bonds. The summed E-state index contributed by atoms with van der Waals surface area (Å²) in [6.45, 7) is 8.06. The van der Waals surface area contributed by atoms with E-state index in [-0.39, 0.29) is 17.1 Å². The Hall–Kier alpha value is -2.37. The molecular formula is C14H20O6. The van der Waals surface area contributed by atoms with E-state index in [0.29, 0.717) is 12.0 Å². The lowest BCUT2D eigenvalue weighted by atomic mass is 10.1. The predicted molar refractivity (Wildman–Crippen MR) is 74.2 cm³/mol. The Kier molecular flexibility index (Phi) is 10.5. The summed E-state index contributed by atoms with van der Waals surface area (Å²) in [7, 11) is 1.33. The molecule has 0 bridgehead atoms. The summed E-state index contributed by atoms with van der Waals surface area (Å²) >= 11 is 0. The van der Waals surface area contributed by atoms with Gasteiger partial charge in [-0.05, 0) is 20.3 Å². The topological polar surface area (TPSA) is 101 Å². The van der Waals surface area contributed by atoms with Gasteiger partial charge in [-0.2, -0.15) is 0 Å². The van der Waals surface area contributed by atoms with Gasteiger partial charge in [-0.1, -0.05) is 25.7 Å². The van der Waals surface area contributed by atoms with E-state index in [0.717, 1.165) is 0 Å². The highest BCUT2D eigenvalue weighted by atomic mass is 16.5. The molecule has 20 heavy (non-hydrogen) atoms. The van der Waals surface area contributed by atoms with Crippen LogP contribution in [0.25, 0.3) is 0 Å². The molecule has 0 saturated carbocycles. The second-order valence-electron chi connectivity index (χ2n) is 3.78. The predicted octanol–water partition coefficient (Wildman–Crippen LogP) is 2.17. The van der Waals surface area contributed by atoms with Gasteiger partial charge in [0.1, 0.15) is 0 Å². The van der Waals surface area contributed by atoms with Crippen LogP contribution in [-0.4, -0.2) is 35.2 Å². The molecule has 0 rings (SSSR count). The first kappa shape index (κ1) is 20.0. The zero-order valence-electron chi connectivity index (χ0n) is 12.1. The lowest BCUT2D eigenvalue weighted by molar-refractivity contribution is -0.136. The molecule has 0 aromatic heterocycles. The third kappa shape index (κ3) is 9.64. The van der Waals surface area contributed by atoms with Crippen LogP contribution in [0.1, 0.15) is 27.2 Å². The second kappa shape index (κ2) is 10.5. The third-order valence-electron chi connectivity index (χ3n) is 2.06. The van der Waals surface area contributed by atoms with Crippen molar-refractivity contribution in [2.24, 2.45) is 0 Å². The largest absolute Gasteiger partial charge is 0.478 e. The Balaban J connectivity index is 0. The van der Waals surface area contributed by atoms with Crippen molar-refractivity contribution in [1.29, 1.82) is 0 Å². The van der Waals surface area contributed by atoms with Gasteiger partial charge in [-0.15, -0.1) is 0 Å². The van der Waals surface area contributed by atoms with Crippen molar-refractivity contribution in [2.75, 3.05) is 7.11 Å². The third-order valence-corrected chi connectivity index (χ3v) is 2.06. The number of allylic oxidation sites excluding steroid dienone is 2. The van der Waals surface area contributed by atoms with Crippen molar-refractivity contribution in [3.63, 3.8) is 0 Å². The standard InChI is InChI=1S/C9H12O4.C5H8O2/c1-3-7(9(12)13)5-4-6(2)8(10)11;1-4(2)5(6)7-3/h4-5H,3H2,1-2H3,(H,10,11)(H,12,13);1H2,2-3H3. The minimum absolute atomic E-state index is 0.118. The zero-order valence-corrected chi connectivity index (χ0v) is 12.1. The summed E-state index contributed by atoms with van der Waals surface area (Å²) in [5, 5.41) is 17.0. The van der Waals surface area contributed by atoms with Crippen LogP contribution in [0, 0.1) is 0 Å². The molecule has 0 spiro atoms. The minimum Gasteiger partial charge on any atom is -0.478 e. The molecule has 2 N–H and O–H groups in total. The molecule has 0 atom stereocenters. The van der Waals surface area contributed by atoms with Crippen molar-refractivity contribution >= 4 is 17.9 Å². The van der Waals surface area contributed by atoms with E-state index < -0.39 is 11.9 Å². The van der Waals surface area contributed by atoms with Crippen molar-refractivity contribution in [2.45, 2.75) is 27.2 Å². The number of carbonyl (C=O) groups excluding carboxylic acids is 1. The zero-order chi connectivity index (χ0) is 16.3. The first-order chi connectivity index (χ1) is 9.17. The molecule has 0 heterocycles. The Labute approximate surface area is 118 Å². The fraction of sp³-hybridized carbons (Fsp3) is 0.357. The smallest absolute Gasteiger partial charge is 0.332 e. The number of methoxy groups -OCH3 is 1. The van der Waals surface area contributed by atoms with Crippen LogP contribution in [0.3, 0.4) is 0 Å². The molecule has 0 unspecified atom stereocenters. The van der Waals surface area contributed by atoms with E-state index >= 15 is 0 Å². The summed E-state index contributed by atoms with van der Waals surface area (Å²) in [5.41, 5.74) is 0.746. The van der Waals surface area contributed by atoms with Gasteiger partial charge >= 0.3 is 17.9 Å². The molecule has 112 valence electrons. The van der Waals surface area contributed by atoms with E-state index in [4.69, 9.17) is 10.2 Å². The quantitative estimate of drug-likeness (QED) is 0.456. The highest BCUT2D eigenvalue weighted by Crippen LogP contribution is 2.02. The number of hydrogen-bond acceptors (Lipinski definition) is 4. The average molecular weight is 284 g/mol. The van der Waals surface area contributed by atoms with Gasteiger partial charge in [0.25, 0.3) is 0 Å². The normalized spacial score (nSPS) is 11.0. The number of carboxylic acid groups (broad SMARTS) is 2.